The number of carbonyl (C=O) groups excluding carboxylic acids is 1. The van der Waals surface area contributed by atoms with E-state index in [2.05, 4.69) is 0 Å². The van der Waals surface area contributed by atoms with Gasteiger partial charge in [-0.3, -0.25) is 4.79 Å². The minimum Gasteiger partial charge on any atom is -0.480 e. The van der Waals surface area contributed by atoms with Gasteiger partial charge in [0.15, 0.2) is 0 Å². The molecule has 17 heavy (non-hydrogen) atoms. The van der Waals surface area contributed by atoms with Crippen LogP contribution >= 0.6 is 0 Å². The van der Waals surface area contributed by atoms with E-state index in [1.54, 1.807) is 4.90 Å². The normalized spacial score (nSPS) is 25.2. The second-order valence-corrected chi connectivity index (χ2v) is 4.96. The van der Waals surface area contributed by atoms with Crippen LogP contribution in [-0.2, 0) is 9.59 Å². The molecule has 1 atom stereocenters. The minimum atomic E-state index is -0.866. The van der Waals surface area contributed by atoms with E-state index in [1.165, 1.54) is 0 Å². The summed E-state index contributed by atoms with van der Waals surface area (Å²) < 4.78 is 0. The number of rotatable bonds is 2. The Hall–Kier alpha value is -1.32. The van der Waals surface area contributed by atoms with Crippen molar-refractivity contribution in [1.29, 1.82) is 0 Å². The van der Waals surface area contributed by atoms with Crippen molar-refractivity contribution in [2.24, 2.45) is 0 Å². The molecular weight excluding hydrogens is 218 g/mol. The van der Waals surface area contributed by atoms with Crippen LogP contribution in [0.1, 0.15) is 45.4 Å². The summed E-state index contributed by atoms with van der Waals surface area (Å²) in [5, 5.41) is 9.16. The summed E-state index contributed by atoms with van der Waals surface area (Å²) in [6, 6.07) is -0.614. The number of carbonyl (C=O) groups is 2. The third-order valence-electron chi connectivity index (χ3n) is 3.80. The van der Waals surface area contributed by atoms with Gasteiger partial charge in [-0.05, 0) is 45.4 Å². The second kappa shape index (κ2) is 4.90. The Morgan fingerprint density at radius 3 is 2.59 bits per heavy atom. The molecule has 1 amide bonds. The number of nitrogens with zero attached hydrogens (tertiary/aromatic N) is 1. The van der Waals surface area contributed by atoms with Crippen LogP contribution in [-0.4, -0.2) is 34.5 Å². The van der Waals surface area contributed by atoms with Gasteiger partial charge in [0.2, 0.25) is 5.91 Å². The van der Waals surface area contributed by atoms with Crippen LogP contribution in [0.15, 0.2) is 11.1 Å². The average Bonchev–Trinajstić information content (AvgIpc) is 2.74. The van der Waals surface area contributed by atoms with Gasteiger partial charge in [0.05, 0.1) is 0 Å². The molecule has 4 heteroatoms. The van der Waals surface area contributed by atoms with Crippen LogP contribution in [0.5, 0.6) is 0 Å². The Morgan fingerprint density at radius 2 is 2.00 bits per heavy atom. The molecule has 2 rings (SSSR count). The third kappa shape index (κ3) is 2.35. The van der Waals surface area contributed by atoms with Gasteiger partial charge in [0.1, 0.15) is 6.04 Å². The number of likely N-dealkylation sites (tertiary alicyclic amines) is 1. The van der Waals surface area contributed by atoms with Crippen molar-refractivity contribution in [2.45, 2.75) is 51.5 Å². The number of hydrogen-bond donors (Lipinski definition) is 1. The van der Waals surface area contributed by atoms with E-state index in [0.29, 0.717) is 13.0 Å². The van der Waals surface area contributed by atoms with E-state index in [-0.39, 0.29) is 5.91 Å². The van der Waals surface area contributed by atoms with E-state index in [4.69, 9.17) is 5.11 Å². The molecule has 1 fully saturated rings. The van der Waals surface area contributed by atoms with Crippen molar-refractivity contribution in [3.8, 4) is 0 Å². The molecule has 2 aliphatic rings. The minimum absolute atomic E-state index is 0.0351. The van der Waals surface area contributed by atoms with E-state index in [9.17, 15) is 9.59 Å². The first-order valence-corrected chi connectivity index (χ1v) is 6.33. The predicted molar refractivity (Wildman–Crippen MR) is 63.5 cm³/mol. The highest BCUT2D eigenvalue weighted by atomic mass is 16.4. The number of aliphatic carboxylic acids is 1. The number of carboxylic acid groups (broad SMARTS) is 1. The van der Waals surface area contributed by atoms with Gasteiger partial charge in [0.25, 0.3) is 0 Å². The molecule has 1 heterocycles. The summed E-state index contributed by atoms with van der Waals surface area (Å²) in [6.45, 7) is 2.58. The first-order valence-electron chi connectivity index (χ1n) is 6.33. The average molecular weight is 237 g/mol. The van der Waals surface area contributed by atoms with Crippen molar-refractivity contribution < 1.29 is 14.7 Å². The maximum absolute atomic E-state index is 12.3. The molecule has 4 nitrogen and oxygen atoms in total. The molecule has 0 bridgehead atoms. The summed E-state index contributed by atoms with van der Waals surface area (Å²) in [5.41, 5.74) is 2.00. The molecule has 1 saturated heterocycles. The zero-order valence-corrected chi connectivity index (χ0v) is 10.2. The Bertz CT molecular complexity index is 373. The molecule has 0 saturated carbocycles. The Kier molecular flexibility index (Phi) is 3.50. The number of allylic oxidation sites excluding steroid dienone is 1. The lowest BCUT2D eigenvalue weighted by Gasteiger charge is -2.33. The lowest BCUT2D eigenvalue weighted by Crippen LogP contribution is -2.48. The standard InChI is InChI=1S/C13H19NO3/c1-9-5-4-6-10(9)12(15)14-8-3-2-7-11(14)13(16)17/h11H,2-8H2,1H3,(H,16,17). The highest BCUT2D eigenvalue weighted by Gasteiger charge is 2.34. The van der Waals surface area contributed by atoms with Crippen molar-refractivity contribution in [1.82, 2.24) is 4.90 Å². The zero-order valence-electron chi connectivity index (χ0n) is 10.2. The summed E-state index contributed by atoms with van der Waals surface area (Å²) in [5.74, 6) is -0.901. The highest BCUT2D eigenvalue weighted by molar-refractivity contribution is 5.97. The Labute approximate surface area is 101 Å². The van der Waals surface area contributed by atoms with Gasteiger partial charge in [0, 0.05) is 12.1 Å². The van der Waals surface area contributed by atoms with Crippen molar-refractivity contribution in [3.63, 3.8) is 0 Å². The number of carboxylic acids is 1. The van der Waals surface area contributed by atoms with E-state index in [0.717, 1.165) is 43.3 Å². The van der Waals surface area contributed by atoms with Gasteiger partial charge in [-0.15, -0.1) is 0 Å². The fourth-order valence-electron chi connectivity index (χ4n) is 2.79. The van der Waals surface area contributed by atoms with Gasteiger partial charge >= 0.3 is 5.97 Å². The van der Waals surface area contributed by atoms with Crippen LogP contribution in [0.4, 0.5) is 0 Å². The molecule has 0 spiro atoms. The van der Waals surface area contributed by atoms with Crippen LogP contribution in [0, 0.1) is 0 Å². The lowest BCUT2D eigenvalue weighted by atomic mass is 10.00. The fraction of sp³-hybridized carbons (Fsp3) is 0.692. The molecule has 0 aromatic heterocycles. The Balaban J connectivity index is 2.17. The van der Waals surface area contributed by atoms with Crippen LogP contribution in [0.2, 0.25) is 0 Å². The molecular formula is C13H19NO3. The number of amides is 1. The maximum Gasteiger partial charge on any atom is 0.326 e. The monoisotopic (exact) mass is 237 g/mol. The molecule has 0 aromatic carbocycles. The zero-order chi connectivity index (χ0) is 12.4. The van der Waals surface area contributed by atoms with Crippen molar-refractivity contribution in [2.75, 3.05) is 6.54 Å². The van der Waals surface area contributed by atoms with Gasteiger partial charge in [-0.2, -0.15) is 0 Å². The molecule has 1 N–H and O–H groups in total. The van der Waals surface area contributed by atoms with Crippen LogP contribution in [0.3, 0.4) is 0 Å². The van der Waals surface area contributed by atoms with E-state index >= 15 is 0 Å². The molecule has 1 aliphatic heterocycles. The molecule has 0 radical (unpaired) electrons. The van der Waals surface area contributed by atoms with Gasteiger partial charge in [-0.1, -0.05) is 5.57 Å². The molecule has 94 valence electrons. The first kappa shape index (κ1) is 12.1. The second-order valence-electron chi connectivity index (χ2n) is 4.96. The molecule has 1 aliphatic carbocycles. The van der Waals surface area contributed by atoms with Crippen LogP contribution < -0.4 is 0 Å². The van der Waals surface area contributed by atoms with E-state index < -0.39 is 12.0 Å². The topological polar surface area (TPSA) is 57.6 Å². The SMILES string of the molecule is CC1=C(C(=O)N2CCCCC2C(=O)O)CCC1. The summed E-state index contributed by atoms with van der Waals surface area (Å²) in [7, 11) is 0. The highest BCUT2D eigenvalue weighted by Crippen LogP contribution is 2.29. The van der Waals surface area contributed by atoms with Crippen LogP contribution in [0.25, 0.3) is 0 Å². The maximum atomic E-state index is 12.3. The molecule has 1 unspecified atom stereocenters. The quantitative estimate of drug-likeness (QED) is 0.798. The predicted octanol–water partition coefficient (Wildman–Crippen LogP) is 1.95. The number of hydrogen-bond acceptors (Lipinski definition) is 2. The van der Waals surface area contributed by atoms with Gasteiger partial charge < -0.3 is 10.0 Å². The fourth-order valence-corrected chi connectivity index (χ4v) is 2.79. The van der Waals surface area contributed by atoms with Crippen molar-refractivity contribution in [3.05, 3.63) is 11.1 Å². The first-order chi connectivity index (χ1) is 8.11. The number of piperidine rings is 1. The molecule has 0 aromatic rings. The third-order valence-corrected chi connectivity index (χ3v) is 3.80. The summed E-state index contributed by atoms with van der Waals surface area (Å²) >= 11 is 0. The summed E-state index contributed by atoms with van der Waals surface area (Å²) in [4.78, 5) is 25.1. The van der Waals surface area contributed by atoms with Gasteiger partial charge in [-0.25, -0.2) is 4.79 Å². The smallest absolute Gasteiger partial charge is 0.326 e. The Morgan fingerprint density at radius 1 is 1.24 bits per heavy atom. The lowest BCUT2D eigenvalue weighted by molar-refractivity contribution is -0.150. The summed E-state index contributed by atoms with van der Waals surface area (Å²) in [6.07, 6.45) is 5.23. The largest absolute Gasteiger partial charge is 0.480 e. The van der Waals surface area contributed by atoms with E-state index in [1.807, 2.05) is 6.92 Å². The van der Waals surface area contributed by atoms with Crippen molar-refractivity contribution >= 4 is 11.9 Å².